The van der Waals surface area contributed by atoms with Crippen LogP contribution in [0.25, 0.3) is 0 Å². The van der Waals surface area contributed by atoms with E-state index >= 15 is 0 Å². The topological polar surface area (TPSA) is 36.9 Å². The number of ether oxygens (including phenoxy) is 1. The van der Waals surface area contributed by atoms with Gasteiger partial charge in [0.15, 0.2) is 5.96 Å². The molecule has 1 aliphatic rings. The standard InChI is InChI=1S/C15H22ClN3O/c1-2-17-15(19-10-3-4-11-19)18-9-12-20-14-7-5-13(16)6-8-14/h5-8H,2-4,9-12H2,1H3,(H,17,18). The number of aliphatic imine (C=N–C) groups is 1. The molecule has 1 fully saturated rings. The molecule has 4 nitrogen and oxygen atoms in total. The first-order valence-electron chi connectivity index (χ1n) is 7.21. The number of hydrogen-bond acceptors (Lipinski definition) is 2. The van der Waals surface area contributed by atoms with Crippen LogP contribution in [0.4, 0.5) is 0 Å². The van der Waals surface area contributed by atoms with Gasteiger partial charge in [-0.05, 0) is 44.0 Å². The lowest BCUT2D eigenvalue weighted by molar-refractivity contribution is 0.327. The van der Waals surface area contributed by atoms with Crippen molar-refractivity contribution >= 4 is 17.6 Å². The van der Waals surface area contributed by atoms with Crippen LogP contribution in [0.2, 0.25) is 5.02 Å². The monoisotopic (exact) mass is 295 g/mol. The van der Waals surface area contributed by atoms with E-state index in [4.69, 9.17) is 16.3 Å². The third kappa shape index (κ3) is 4.60. The third-order valence-electron chi connectivity index (χ3n) is 3.18. The normalized spacial score (nSPS) is 15.5. The van der Waals surface area contributed by atoms with Crippen LogP contribution < -0.4 is 10.1 Å². The van der Waals surface area contributed by atoms with Gasteiger partial charge in [-0.15, -0.1) is 0 Å². The van der Waals surface area contributed by atoms with Crippen molar-refractivity contribution in [1.29, 1.82) is 0 Å². The number of likely N-dealkylation sites (tertiary alicyclic amines) is 1. The summed E-state index contributed by atoms with van der Waals surface area (Å²) in [5.41, 5.74) is 0. The van der Waals surface area contributed by atoms with Crippen LogP contribution >= 0.6 is 11.6 Å². The zero-order valence-electron chi connectivity index (χ0n) is 11.9. The zero-order valence-corrected chi connectivity index (χ0v) is 12.7. The Morgan fingerprint density at radius 3 is 2.65 bits per heavy atom. The molecule has 1 saturated heterocycles. The van der Waals surface area contributed by atoms with E-state index in [2.05, 4.69) is 22.1 Å². The van der Waals surface area contributed by atoms with Crippen molar-refractivity contribution in [2.45, 2.75) is 19.8 Å². The smallest absolute Gasteiger partial charge is 0.194 e. The molecule has 0 saturated carbocycles. The van der Waals surface area contributed by atoms with Gasteiger partial charge in [-0.2, -0.15) is 0 Å². The SMILES string of the molecule is CCNC(=NCCOc1ccc(Cl)cc1)N1CCCC1. The second-order valence-electron chi connectivity index (χ2n) is 4.73. The van der Waals surface area contributed by atoms with Gasteiger partial charge < -0.3 is 15.0 Å². The van der Waals surface area contributed by atoms with Gasteiger partial charge in [0.05, 0.1) is 6.54 Å². The number of nitrogens with zero attached hydrogens (tertiary/aromatic N) is 2. The van der Waals surface area contributed by atoms with E-state index in [0.29, 0.717) is 13.2 Å². The number of halogens is 1. The number of nitrogens with one attached hydrogen (secondary N) is 1. The van der Waals surface area contributed by atoms with Crippen molar-refractivity contribution < 1.29 is 4.74 Å². The molecule has 0 unspecified atom stereocenters. The maximum Gasteiger partial charge on any atom is 0.194 e. The van der Waals surface area contributed by atoms with Crippen molar-refractivity contribution in [2.24, 2.45) is 4.99 Å². The lowest BCUT2D eigenvalue weighted by Gasteiger charge is -2.20. The summed E-state index contributed by atoms with van der Waals surface area (Å²) in [6.45, 7) is 6.42. The second-order valence-corrected chi connectivity index (χ2v) is 5.17. The second kappa shape index (κ2) is 8.00. The van der Waals surface area contributed by atoms with Gasteiger partial charge in [0.1, 0.15) is 12.4 Å². The number of benzene rings is 1. The van der Waals surface area contributed by atoms with E-state index in [1.807, 2.05) is 24.3 Å². The van der Waals surface area contributed by atoms with Crippen molar-refractivity contribution in [3.8, 4) is 5.75 Å². The summed E-state index contributed by atoms with van der Waals surface area (Å²) in [7, 11) is 0. The summed E-state index contributed by atoms with van der Waals surface area (Å²) in [4.78, 5) is 6.92. The van der Waals surface area contributed by atoms with Gasteiger partial charge in [0, 0.05) is 24.7 Å². The predicted molar refractivity (Wildman–Crippen MR) is 83.7 cm³/mol. The molecule has 0 bridgehead atoms. The number of rotatable bonds is 5. The van der Waals surface area contributed by atoms with E-state index in [-0.39, 0.29) is 0 Å². The molecule has 0 amide bonds. The molecule has 1 aromatic rings. The van der Waals surface area contributed by atoms with E-state index in [1.54, 1.807) is 0 Å². The molecule has 1 aromatic carbocycles. The first-order chi connectivity index (χ1) is 9.79. The molecule has 2 rings (SSSR count). The van der Waals surface area contributed by atoms with Crippen molar-refractivity contribution in [3.05, 3.63) is 29.3 Å². The van der Waals surface area contributed by atoms with Gasteiger partial charge in [-0.1, -0.05) is 11.6 Å². The van der Waals surface area contributed by atoms with Crippen molar-refractivity contribution in [3.63, 3.8) is 0 Å². The molecule has 1 N–H and O–H groups in total. The zero-order chi connectivity index (χ0) is 14.2. The molecule has 110 valence electrons. The van der Waals surface area contributed by atoms with Crippen molar-refractivity contribution in [1.82, 2.24) is 10.2 Å². The van der Waals surface area contributed by atoms with Gasteiger partial charge in [0.2, 0.25) is 0 Å². The van der Waals surface area contributed by atoms with Crippen LogP contribution in [-0.4, -0.2) is 43.6 Å². The average Bonchev–Trinajstić information content (AvgIpc) is 2.98. The Bertz CT molecular complexity index is 427. The minimum Gasteiger partial charge on any atom is -0.492 e. The lowest BCUT2D eigenvalue weighted by atomic mass is 10.3. The summed E-state index contributed by atoms with van der Waals surface area (Å²) in [6.07, 6.45) is 2.51. The highest BCUT2D eigenvalue weighted by Crippen LogP contribution is 2.15. The molecular weight excluding hydrogens is 274 g/mol. The van der Waals surface area contributed by atoms with E-state index in [9.17, 15) is 0 Å². The highest BCUT2D eigenvalue weighted by atomic mass is 35.5. The Morgan fingerprint density at radius 1 is 1.30 bits per heavy atom. The van der Waals surface area contributed by atoms with Crippen LogP contribution in [0, 0.1) is 0 Å². The van der Waals surface area contributed by atoms with Crippen LogP contribution in [0.5, 0.6) is 5.75 Å². The van der Waals surface area contributed by atoms with Crippen LogP contribution in [0.3, 0.4) is 0 Å². The van der Waals surface area contributed by atoms with E-state index < -0.39 is 0 Å². The molecule has 0 atom stereocenters. The van der Waals surface area contributed by atoms with E-state index in [1.165, 1.54) is 12.8 Å². The molecule has 1 aliphatic heterocycles. The van der Waals surface area contributed by atoms with Crippen LogP contribution in [-0.2, 0) is 0 Å². The lowest BCUT2D eigenvalue weighted by Crippen LogP contribution is -2.39. The fraction of sp³-hybridized carbons (Fsp3) is 0.533. The minimum absolute atomic E-state index is 0.574. The Kier molecular flexibility index (Phi) is 5.99. The summed E-state index contributed by atoms with van der Waals surface area (Å²) in [5, 5.41) is 4.05. The minimum atomic E-state index is 0.574. The molecule has 5 heteroatoms. The van der Waals surface area contributed by atoms with Crippen molar-refractivity contribution in [2.75, 3.05) is 32.8 Å². The maximum atomic E-state index is 5.83. The quantitative estimate of drug-likeness (QED) is 0.515. The number of guanidine groups is 1. The van der Waals surface area contributed by atoms with Gasteiger partial charge in [-0.25, -0.2) is 4.99 Å². The highest BCUT2D eigenvalue weighted by Gasteiger charge is 2.14. The summed E-state index contributed by atoms with van der Waals surface area (Å²) in [5.74, 6) is 1.83. The van der Waals surface area contributed by atoms with Gasteiger partial charge >= 0.3 is 0 Å². The fourth-order valence-corrected chi connectivity index (χ4v) is 2.33. The molecular formula is C15H22ClN3O. The summed E-state index contributed by atoms with van der Waals surface area (Å²) in [6, 6.07) is 7.40. The first kappa shape index (κ1) is 15.0. The highest BCUT2D eigenvalue weighted by molar-refractivity contribution is 6.30. The average molecular weight is 296 g/mol. The predicted octanol–water partition coefficient (Wildman–Crippen LogP) is 2.78. The Morgan fingerprint density at radius 2 is 2.00 bits per heavy atom. The summed E-state index contributed by atoms with van der Waals surface area (Å²) >= 11 is 5.83. The third-order valence-corrected chi connectivity index (χ3v) is 3.43. The molecule has 0 aliphatic carbocycles. The Labute approximate surface area is 125 Å². The van der Waals surface area contributed by atoms with Crippen LogP contribution in [0.1, 0.15) is 19.8 Å². The fourth-order valence-electron chi connectivity index (χ4n) is 2.20. The Hall–Kier alpha value is -1.42. The molecule has 0 radical (unpaired) electrons. The van der Waals surface area contributed by atoms with Gasteiger partial charge in [-0.3, -0.25) is 0 Å². The molecule has 0 aromatic heterocycles. The largest absolute Gasteiger partial charge is 0.492 e. The number of hydrogen-bond donors (Lipinski definition) is 1. The van der Waals surface area contributed by atoms with Crippen LogP contribution in [0.15, 0.2) is 29.3 Å². The first-order valence-corrected chi connectivity index (χ1v) is 7.59. The van der Waals surface area contributed by atoms with Gasteiger partial charge in [0.25, 0.3) is 0 Å². The van der Waals surface area contributed by atoms with E-state index in [0.717, 1.165) is 36.4 Å². The molecule has 0 spiro atoms. The summed E-state index contributed by atoms with van der Waals surface area (Å²) < 4.78 is 5.64. The maximum absolute atomic E-state index is 5.83. The molecule has 20 heavy (non-hydrogen) atoms. The molecule has 1 heterocycles. The Balaban J connectivity index is 1.79.